The second-order valence-electron chi connectivity index (χ2n) is 5.11. The van der Waals surface area contributed by atoms with E-state index in [1.165, 1.54) is 11.9 Å². The third-order valence-electron chi connectivity index (χ3n) is 3.20. The highest BCUT2D eigenvalue weighted by atomic mass is 35.5. The van der Waals surface area contributed by atoms with E-state index in [0.29, 0.717) is 5.15 Å². The maximum Gasteiger partial charge on any atom is 0.138 e. The Labute approximate surface area is 125 Å². The molecule has 0 unspecified atom stereocenters. The molecule has 0 aliphatic heterocycles. The molecule has 0 radical (unpaired) electrons. The molecule has 0 fully saturated rings. The number of anilines is 2. The highest BCUT2D eigenvalue weighted by Crippen LogP contribution is 2.31. The van der Waals surface area contributed by atoms with Gasteiger partial charge in [0.05, 0.1) is 0 Å². The number of halogens is 1. The Morgan fingerprint density at radius 2 is 1.95 bits per heavy atom. The van der Waals surface area contributed by atoms with E-state index in [1.54, 1.807) is 0 Å². The fourth-order valence-electron chi connectivity index (χ4n) is 2.24. The molecule has 1 aromatic carbocycles. The molecule has 1 heterocycles. The maximum absolute atomic E-state index is 6.20. The third kappa shape index (κ3) is 3.28. The number of rotatable bonds is 5. The lowest BCUT2D eigenvalue weighted by Gasteiger charge is -2.16. The molecule has 0 aliphatic rings. The van der Waals surface area contributed by atoms with E-state index in [9.17, 15) is 0 Å². The van der Waals surface area contributed by atoms with Gasteiger partial charge < -0.3 is 5.32 Å². The zero-order valence-electron chi connectivity index (χ0n) is 12.2. The predicted molar refractivity (Wildman–Crippen MR) is 84.9 cm³/mol. The van der Waals surface area contributed by atoms with Crippen molar-refractivity contribution in [2.24, 2.45) is 0 Å². The van der Waals surface area contributed by atoms with Gasteiger partial charge in [0.2, 0.25) is 0 Å². The quantitative estimate of drug-likeness (QED) is 0.791. The van der Waals surface area contributed by atoms with Crippen molar-refractivity contribution in [3.8, 4) is 0 Å². The summed E-state index contributed by atoms with van der Waals surface area (Å²) in [4.78, 5) is 8.43. The largest absolute Gasteiger partial charge is 0.340 e. The molecule has 20 heavy (non-hydrogen) atoms. The van der Waals surface area contributed by atoms with Crippen LogP contribution in [0.5, 0.6) is 0 Å². The van der Waals surface area contributed by atoms with Crippen molar-refractivity contribution >= 4 is 23.1 Å². The van der Waals surface area contributed by atoms with Crippen LogP contribution < -0.4 is 5.32 Å². The zero-order valence-corrected chi connectivity index (χ0v) is 12.9. The summed E-state index contributed by atoms with van der Waals surface area (Å²) < 4.78 is 0. The minimum Gasteiger partial charge on any atom is -0.340 e. The van der Waals surface area contributed by atoms with Gasteiger partial charge in [-0.2, -0.15) is 0 Å². The second kappa shape index (κ2) is 6.71. The van der Waals surface area contributed by atoms with Crippen molar-refractivity contribution in [1.82, 2.24) is 9.97 Å². The summed E-state index contributed by atoms with van der Waals surface area (Å²) >= 11 is 6.20. The average Bonchev–Trinajstić information content (AvgIpc) is 2.41. The molecule has 0 aliphatic carbocycles. The van der Waals surface area contributed by atoms with Gasteiger partial charge in [0, 0.05) is 11.3 Å². The number of hydrogen-bond acceptors (Lipinski definition) is 3. The van der Waals surface area contributed by atoms with Gasteiger partial charge in [0.25, 0.3) is 0 Å². The first-order valence-electron chi connectivity index (χ1n) is 6.98. The molecule has 0 saturated heterocycles. The Kier molecular flexibility index (Phi) is 4.96. The van der Waals surface area contributed by atoms with Gasteiger partial charge in [-0.1, -0.05) is 57.0 Å². The van der Waals surface area contributed by atoms with Crippen LogP contribution in [0.25, 0.3) is 0 Å². The molecule has 0 amide bonds. The third-order valence-corrected chi connectivity index (χ3v) is 3.50. The van der Waals surface area contributed by atoms with Crippen molar-refractivity contribution in [3.05, 3.63) is 46.9 Å². The van der Waals surface area contributed by atoms with Crippen LogP contribution in [0, 0.1) is 0 Å². The number of benzene rings is 1. The van der Waals surface area contributed by atoms with Gasteiger partial charge in [-0.25, -0.2) is 9.97 Å². The van der Waals surface area contributed by atoms with Crippen molar-refractivity contribution in [2.75, 3.05) is 5.32 Å². The summed E-state index contributed by atoms with van der Waals surface area (Å²) in [7, 11) is 0. The topological polar surface area (TPSA) is 37.8 Å². The molecule has 0 saturated carbocycles. The molecule has 3 nitrogen and oxygen atoms in total. The summed E-state index contributed by atoms with van der Waals surface area (Å²) in [5.41, 5.74) is 3.34. The molecular weight excluding hydrogens is 270 g/mol. The lowest BCUT2D eigenvalue weighted by atomic mass is 10.0. The molecule has 2 rings (SSSR count). The van der Waals surface area contributed by atoms with E-state index < -0.39 is 0 Å². The van der Waals surface area contributed by atoms with Crippen molar-refractivity contribution in [3.63, 3.8) is 0 Å². The van der Waals surface area contributed by atoms with Crippen LogP contribution in [0.4, 0.5) is 11.5 Å². The Morgan fingerprint density at radius 3 is 2.65 bits per heavy atom. The van der Waals surface area contributed by atoms with Gasteiger partial charge >= 0.3 is 0 Å². The molecule has 4 heteroatoms. The van der Waals surface area contributed by atoms with Crippen LogP contribution in [0.15, 0.2) is 30.6 Å². The lowest BCUT2D eigenvalue weighted by molar-refractivity contribution is 0.849. The van der Waals surface area contributed by atoms with Crippen LogP contribution in [0.1, 0.15) is 44.2 Å². The van der Waals surface area contributed by atoms with E-state index >= 15 is 0 Å². The fourth-order valence-corrected chi connectivity index (χ4v) is 2.59. The monoisotopic (exact) mass is 289 g/mol. The van der Waals surface area contributed by atoms with Crippen molar-refractivity contribution in [2.45, 2.75) is 39.5 Å². The van der Waals surface area contributed by atoms with Crippen LogP contribution in [0.2, 0.25) is 5.15 Å². The number of aryl methyl sites for hydroxylation is 1. The summed E-state index contributed by atoms with van der Waals surface area (Å²) in [5, 5.41) is 3.93. The normalized spacial score (nSPS) is 10.8. The van der Waals surface area contributed by atoms with Gasteiger partial charge in [-0.05, 0) is 24.0 Å². The minimum absolute atomic E-state index is 0.268. The van der Waals surface area contributed by atoms with E-state index in [4.69, 9.17) is 11.6 Å². The predicted octanol–water partition coefficient (Wildman–Crippen LogP) is 4.95. The van der Waals surface area contributed by atoms with E-state index in [2.05, 4.69) is 54.3 Å². The summed E-state index contributed by atoms with van der Waals surface area (Å²) in [6.07, 6.45) is 3.65. The zero-order chi connectivity index (χ0) is 14.5. The molecular formula is C16H20ClN3. The maximum atomic E-state index is 6.20. The number of nitrogens with zero attached hydrogens (tertiary/aromatic N) is 2. The first-order valence-corrected chi connectivity index (χ1v) is 7.36. The highest BCUT2D eigenvalue weighted by Gasteiger charge is 2.14. The first kappa shape index (κ1) is 14.8. The molecule has 2 aromatic rings. The summed E-state index contributed by atoms with van der Waals surface area (Å²) in [6.45, 7) is 6.36. The Bertz CT molecular complexity index is 582. The molecule has 106 valence electrons. The smallest absolute Gasteiger partial charge is 0.138 e. The average molecular weight is 290 g/mol. The van der Waals surface area contributed by atoms with Crippen molar-refractivity contribution < 1.29 is 0 Å². The SMILES string of the molecule is CCCc1ccccc1Nc1ncnc(Cl)c1C(C)C. The Morgan fingerprint density at radius 1 is 1.20 bits per heavy atom. The molecule has 0 spiro atoms. The van der Waals surface area contributed by atoms with E-state index in [-0.39, 0.29) is 5.92 Å². The Hall–Kier alpha value is -1.61. The summed E-state index contributed by atoms with van der Waals surface area (Å²) in [5.74, 6) is 1.06. The highest BCUT2D eigenvalue weighted by molar-refractivity contribution is 6.30. The lowest BCUT2D eigenvalue weighted by Crippen LogP contribution is -2.04. The van der Waals surface area contributed by atoms with Crippen LogP contribution >= 0.6 is 11.6 Å². The van der Waals surface area contributed by atoms with Gasteiger partial charge in [0.15, 0.2) is 0 Å². The van der Waals surface area contributed by atoms with Crippen LogP contribution in [0.3, 0.4) is 0 Å². The first-order chi connectivity index (χ1) is 9.63. The fraction of sp³-hybridized carbons (Fsp3) is 0.375. The van der Waals surface area contributed by atoms with E-state index in [1.807, 2.05) is 6.07 Å². The summed E-state index contributed by atoms with van der Waals surface area (Å²) in [6, 6.07) is 8.31. The number of nitrogens with one attached hydrogen (secondary N) is 1. The molecule has 0 bridgehead atoms. The number of aromatic nitrogens is 2. The van der Waals surface area contributed by atoms with Crippen LogP contribution in [-0.2, 0) is 6.42 Å². The molecule has 0 atom stereocenters. The standard InChI is InChI=1S/C16H20ClN3/c1-4-7-12-8-5-6-9-13(12)20-16-14(11(2)3)15(17)18-10-19-16/h5-6,8-11H,4,7H2,1-3H3,(H,18,19,20). The Balaban J connectivity index is 2.38. The van der Waals surface area contributed by atoms with Gasteiger partial charge in [-0.3, -0.25) is 0 Å². The van der Waals surface area contributed by atoms with E-state index in [0.717, 1.165) is 29.9 Å². The van der Waals surface area contributed by atoms with Crippen molar-refractivity contribution in [1.29, 1.82) is 0 Å². The minimum atomic E-state index is 0.268. The van der Waals surface area contributed by atoms with Crippen LogP contribution in [-0.4, -0.2) is 9.97 Å². The second-order valence-corrected chi connectivity index (χ2v) is 5.47. The molecule has 1 N–H and O–H groups in total. The van der Waals surface area contributed by atoms with Gasteiger partial charge in [0.1, 0.15) is 17.3 Å². The number of para-hydroxylation sites is 1. The van der Waals surface area contributed by atoms with Gasteiger partial charge in [-0.15, -0.1) is 0 Å². The molecule has 1 aromatic heterocycles. The number of hydrogen-bond donors (Lipinski definition) is 1.